The predicted molar refractivity (Wildman–Crippen MR) is 60.8 cm³/mol. The molecule has 17 heavy (non-hydrogen) atoms. The second-order valence-electron chi connectivity index (χ2n) is 4.54. The molecule has 0 atom stereocenters. The molecule has 0 spiro atoms. The average Bonchev–Trinajstić information content (AvgIpc) is 2.24. The number of ether oxygens (including phenoxy) is 1. The van der Waals surface area contributed by atoms with Crippen LogP contribution in [-0.2, 0) is 4.79 Å². The number of Topliss-reactive ketones (excluding diaryl/α,β-unsaturated/α-hetero) is 1. The fraction of sp³-hybridized carbons (Fsp3) is 0.455. The smallest absolute Gasteiger partial charge is 0.406 e. The molecule has 1 rings (SSSR count). The average molecular weight is 238 g/mol. The van der Waals surface area contributed by atoms with Crippen molar-refractivity contribution in [3.05, 3.63) is 28.4 Å². The van der Waals surface area contributed by atoms with Crippen LogP contribution < -0.4 is 4.74 Å². The summed E-state index contributed by atoms with van der Waals surface area (Å²) in [6, 6.07) is 2.94. The fourth-order valence-electron chi connectivity index (χ4n) is 0.992. The zero-order valence-electron chi connectivity index (χ0n) is 9.97. The molecule has 0 amide bonds. The van der Waals surface area contributed by atoms with Crippen LogP contribution in [0, 0.1) is 15.5 Å². The van der Waals surface area contributed by atoms with Crippen molar-refractivity contribution in [3.63, 3.8) is 0 Å². The predicted octanol–water partition coefficient (Wildman–Crippen LogP) is 1.98. The van der Waals surface area contributed by atoms with Crippen LogP contribution in [0.5, 0.6) is 5.75 Å². The van der Waals surface area contributed by atoms with Crippen molar-refractivity contribution in [3.8, 4) is 5.75 Å². The van der Waals surface area contributed by atoms with E-state index in [1.807, 2.05) is 0 Å². The number of carbonyl (C=O) groups excluding carboxylic acids is 1. The Balaban J connectivity index is 2.77. The summed E-state index contributed by atoms with van der Waals surface area (Å²) in [6.45, 7) is 5.08. The van der Waals surface area contributed by atoms with Gasteiger partial charge in [0.2, 0.25) is 5.75 Å². The van der Waals surface area contributed by atoms with Crippen LogP contribution in [-0.4, -0.2) is 22.3 Å². The summed E-state index contributed by atoms with van der Waals surface area (Å²) >= 11 is 0. The first-order chi connectivity index (χ1) is 7.82. The van der Waals surface area contributed by atoms with Gasteiger partial charge < -0.3 is 14.9 Å². The van der Waals surface area contributed by atoms with E-state index in [4.69, 9.17) is 4.74 Å². The number of pyridine rings is 1. The molecule has 0 aliphatic rings. The monoisotopic (exact) mass is 238 g/mol. The van der Waals surface area contributed by atoms with Gasteiger partial charge in [-0.1, -0.05) is 20.8 Å². The highest BCUT2D eigenvalue weighted by Crippen LogP contribution is 2.23. The van der Waals surface area contributed by atoms with Crippen LogP contribution in [0.25, 0.3) is 0 Å². The molecular formula is C11H14N2O4. The first kappa shape index (κ1) is 13.1. The molecule has 1 heterocycles. The number of hydrogen-bond acceptors (Lipinski definition) is 5. The van der Waals surface area contributed by atoms with Crippen molar-refractivity contribution < 1.29 is 14.5 Å². The Morgan fingerprint density at radius 2 is 2.18 bits per heavy atom. The van der Waals surface area contributed by atoms with Gasteiger partial charge in [0.05, 0.1) is 0 Å². The third kappa shape index (κ3) is 3.51. The Kier molecular flexibility index (Phi) is 3.77. The molecule has 0 aromatic carbocycles. The summed E-state index contributed by atoms with van der Waals surface area (Å²) in [4.78, 5) is 25.2. The van der Waals surface area contributed by atoms with E-state index in [-0.39, 0.29) is 24.0 Å². The molecule has 6 nitrogen and oxygen atoms in total. The molecule has 1 aromatic rings. The number of hydrogen-bond donors (Lipinski definition) is 0. The van der Waals surface area contributed by atoms with Crippen LogP contribution >= 0.6 is 0 Å². The van der Waals surface area contributed by atoms with Crippen molar-refractivity contribution >= 4 is 11.6 Å². The second kappa shape index (κ2) is 4.90. The van der Waals surface area contributed by atoms with Gasteiger partial charge in [-0.2, -0.15) is 0 Å². The zero-order valence-corrected chi connectivity index (χ0v) is 9.97. The number of nitro groups is 1. The lowest BCUT2D eigenvalue weighted by Crippen LogP contribution is -2.26. The minimum absolute atomic E-state index is 0.00935. The van der Waals surface area contributed by atoms with Crippen molar-refractivity contribution in [1.82, 2.24) is 4.98 Å². The molecule has 0 bridgehead atoms. The first-order valence-electron chi connectivity index (χ1n) is 5.08. The number of aromatic nitrogens is 1. The van der Waals surface area contributed by atoms with Gasteiger partial charge in [0.15, 0.2) is 5.78 Å². The van der Waals surface area contributed by atoms with E-state index >= 15 is 0 Å². The molecule has 0 unspecified atom stereocenters. The minimum atomic E-state index is -0.642. The quantitative estimate of drug-likeness (QED) is 0.591. The number of rotatable bonds is 4. The van der Waals surface area contributed by atoms with Gasteiger partial charge in [0.25, 0.3) is 0 Å². The lowest BCUT2D eigenvalue weighted by molar-refractivity contribution is -0.390. The van der Waals surface area contributed by atoms with E-state index in [2.05, 4.69) is 4.98 Å². The summed E-state index contributed by atoms with van der Waals surface area (Å²) in [6.07, 6.45) is 1.30. The molecule has 0 aliphatic heterocycles. The van der Waals surface area contributed by atoms with E-state index in [0.29, 0.717) is 0 Å². The topological polar surface area (TPSA) is 82.3 Å². The highest BCUT2D eigenvalue weighted by molar-refractivity contribution is 5.85. The van der Waals surface area contributed by atoms with Gasteiger partial charge in [0, 0.05) is 5.41 Å². The summed E-state index contributed by atoms with van der Waals surface area (Å²) < 4.78 is 5.13. The lowest BCUT2D eigenvalue weighted by Gasteiger charge is -2.16. The third-order valence-corrected chi connectivity index (χ3v) is 2.12. The van der Waals surface area contributed by atoms with E-state index < -0.39 is 10.3 Å². The molecule has 6 heteroatoms. The van der Waals surface area contributed by atoms with Crippen LogP contribution in [0.1, 0.15) is 20.8 Å². The summed E-state index contributed by atoms with van der Waals surface area (Å²) in [5.74, 6) is -0.500. The van der Waals surface area contributed by atoms with Crippen LogP contribution in [0.15, 0.2) is 18.3 Å². The Hall–Kier alpha value is -1.98. The van der Waals surface area contributed by atoms with E-state index in [1.54, 1.807) is 20.8 Å². The minimum Gasteiger partial charge on any atom is -0.478 e. The fourth-order valence-corrected chi connectivity index (χ4v) is 0.992. The van der Waals surface area contributed by atoms with Crippen LogP contribution in [0.4, 0.5) is 5.82 Å². The van der Waals surface area contributed by atoms with Crippen LogP contribution in [0.2, 0.25) is 0 Å². The van der Waals surface area contributed by atoms with Crippen molar-refractivity contribution in [2.24, 2.45) is 5.41 Å². The molecule has 0 saturated heterocycles. The number of carbonyl (C=O) groups is 1. The van der Waals surface area contributed by atoms with E-state index in [0.717, 1.165) is 0 Å². The van der Waals surface area contributed by atoms with Crippen LogP contribution in [0.3, 0.4) is 0 Å². The van der Waals surface area contributed by atoms with Gasteiger partial charge in [-0.3, -0.25) is 4.79 Å². The molecular weight excluding hydrogens is 224 g/mol. The third-order valence-electron chi connectivity index (χ3n) is 2.12. The first-order valence-corrected chi connectivity index (χ1v) is 5.08. The van der Waals surface area contributed by atoms with E-state index in [9.17, 15) is 14.9 Å². The molecule has 0 N–H and O–H groups in total. The van der Waals surface area contributed by atoms with Gasteiger partial charge in [-0.25, -0.2) is 0 Å². The largest absolute Gasteiger partial charge is 0.478 e. The summed E-state index contributed by atoms with van der Waals surface area (Å²) in [5, 5.41) is 10.6. The second-order valence-corrected chi connectivity index (χ2v) is 4.54. The summed E-state index contributed by atoms with van der Waals surface area (Å²) in [7, 11) is 0. The molecule has 0 radical (unpaired) electrons. The molecule has 0 fully saturated rings. The SMILES string of the molecule is CC(C)(C)C(=O)COc1cccnc1[N+](=O)[O-]. The van der Waals surface area contributed by atoms with Gasteiger partial charge in [-0.15, -0.1) is 0 Å². The van der Waals surface area contributed by atoms with Crippen molar-refractivity contribution in [2.75, 3.05) is 6.61 Å². The molecule has 1 aromatic heterocycles. The summed E-state index contributed by atoms with van der Waals surface area (Å²) in [5.41, 5.74) is -0.531. The van der Waals surface area contributed by atoms with Gasteiger partial charge >= 0.3 is 5.82 Å². The molecule has 0 aliphatic carbocycles. The highest BCUT2D eigenvalue weighted by Gasteiger charge is 2.23. The maximum Gasteiger partial charge on any atom is 0.406 e. The number of nitrogens with zero attached hydrogens (tertiary/aromatic N) is 2. The van der Waals surface area contributed by atoms with E-state index in [1.165, 1.54) is 18.3 Å². The standard InChI is InChI=1S/C11H14N2O4/c1-11(2,3)9(14)7-17-8-5-4-6-12-10(8)13(15)16/h4-6H,7H2,1-3H3. The molecule has 0 saturated carbocycles. The maximum absolute atomic E-state index is 11.6. The zero-order chi connectivity index (χ0) is 13.1. The van der Waals surface area contributed by atoms with Gasteiger partial charge in [0.1, 0.15) is 12.8 Å². The number of ketones is 1. The van der Waals surface area contributed by atoms with Gasteiger partial charge in [-0.05, 0) is 22.0 Å². The Morgan fingerprint density at radius 1 is 1.53 bits per heavy atom. The Morgan fingerprint density at radius 3 is 2.71 bits per heavy atom. The Bertz CT molecular complexity index is 437. The normalized spacial score (nSPS) is 11.0. The Labute approximate surface area is 98.8 Å². The highest BCUT2D eigenvalue weighted by atomic mass is 16.6. The maximum atomic E-state index is 11.6. The van der Waals surface area contributed by atoms with Crippen molar-refractivity contribution in [2.45, 2.75) is 20.8 Å². The lowest BCUT2D eigenvalue weighted by atomic mass is 9.91. The van der Waals surface area contributed by atoms with Crippen molar-refractivity contribution in [1.29, 1.82) is 0 Å². The molecule has 92 valence electrons.